The molecule has 0 aliphatic carbocycles. The van der Waals surface area contributed by atoms with Crippen molar-refractivity contribution in [2.24, 2.45) is 0 Å². The van der Waals surface area contributed by atoms with E-state index in [0.29, 0.717) is 16.7 Å². The van der Waals surface area contributed by atoms with Crippen LogP contribution in [0, 0.1) is 13.8 Å². The zero-order valence-electron chi connectivity index (χ0n) is 37.8. The minimum atomic E-state index is -0.704. The molecule has 1 atom stereocenters. The molecule has 7 heteroatoms. The van der Waals surface area contributed by atoms with Crippen LogP contribution in [0.1, 0.15) is 207 Å². The third-order valence-corrected chi connectivity index (χ3v) is 11.0. The van der Waals surface area contributed by atoms with Crippen molar-refractivity contribution in [3.05, 3.63) is 57.6 Å². The number of aryl methyl sites for hydroxylation is 2. The summed E-state index contributed by atoms with van der Waals surface area (Å²) < 4.78 is 23.0. The standard InChI is InChI=1S/C48H78O6S/c1-17-18-19-20-21-22-23-24-25-26-27-55-35(4)30-38(36-31-39(45(5,6)7)41(28-33(36)2)51-43(49)53-47(11,12)13)37-32-40(46(8,9)10)42(29-34(37)3)52-44(50)54-48(14,15)16/h28-29,31-32,35,38H,17-27,30H2,1-16H3. The van der Waals surface area contributed by atoms with E-state index >= 15 is 0 Å². The molecule has 6 nitrogen and oxygen atoms in total. The van der Waals surface area contributed by atoms with E-state index in [1.165, 1.54) is 75.3 Å². The van der Waals surface area contributed by atoms with Crippen molar-refractivity contribution < 1.29 is 28.5 Å². The van der Waals surface area contributed by atoms with Crippen molar-refractivity contribution in [1.29, 1.82) is 0 Å². The predicted molar refractivity (Wildman–Crippen MR) is 234 cm³/mol. The second kappa shape index (κ2) is 21.2. The Hall–Kier alpha value is -2.67. The Bertz CT molecular complexity index is 1420. The Balaban J connectivity index is 2.54. The third kappa shape index (κ3) is 17.6. The molecule has 0 saturated carbocycles. The maximum Gasteiger partial charge on any atom is 0.514 e. The summed E-state index contributed by atoms with van der Waals surface area (Å²) in [5.74, 6) is 2.24. The molecule has 0 aliphatic heterocycles. The second-order valence-electron chi connectivity index (χ2n) is 19.7. The average molecular weight is 783 g/mol. The summed E-state index contributed by atoms with van der Waals surface area (Å²) in [5.41, 5.74) is 4.47. The van der Waals surface area contributed by atoms with E-state index in [9.17, 15) is 9.59 Å². The first kappa shape index (κ1) is 48.5. The zero-order chi connectivity index (χ0) is 41.8. The highest BCUT2D eigenvalue weighted by Gasteiger charge is 2.31. The molecule has 2 aromatic carbocycles. The van der Waals surface area contributed by atoms with Gasteiger partial charge < -0.3 is 18.9 Å². The first-order valence-electron chi connectivity index (χ1n) is 21.1. The Labute approximate surface area is 341 Å². The first-order chi connectivity index (χ1) is 25.3. The Morgan fingerprint density at radius 2 is 0.945 bits per heavy atom. The number of carbonyl (C=O) groups excluding carboxylic acids is 2. The van der Waals surface area contributed by atoms with Crippen LogP contribution >= 0.6 is 11.8 Å². The van der Waals surface area contributed by atoms with Gasteiger partial charge in [0.1, 0.15) is 22.7 Å². The van der Waals surface area contributed by atoms with Crippen LogP contribution in [0.3, 0.4) is 0 Å². The number of hydrogen-bond donors (Lipinski definition) is 0. The quantitative estimate of drug-likeness (QED) is 0.0847. The van der Waals surface area contributed by atoms with Gasteiger partial charge in [0.2, 0.25) is 0 Å². The van der Waals surface area contributed by atoms with Gasteiger partial charge in [0, 0.05) is 22.3 Å². The van der Waals surface area contributed by atoms with Crippen LogP contribution < -0.4 is 9.47 Å². The van der Waals surface area contributed by atoms with Crippen molar-refractivity contribution in [2.75, 3.05) is 5.75 Å². The van der Waals surface area contributed by atoms with Gasteiger partial charge in [-0.05, 0) is 119 Å². The molecule has 0 aliphatic rings. The van der Waals surface area contributed by atoms with E-state index in [2.05, 4.69) is 93.1 Å². The second-order valence-corrected chi connectivity index (χ2v) is 21.2. The lowest BCUT2D eigenvalue weighted by Gasteiger charge is -2.31. The maximum atomic E-state index is 12.9. The van der Waals surface area contributed by atoms with Crippen molar-refractivity contribution in [2.45, 2.75) is 215 Å². The van der Waals surface area contributed by atoms with Crippen LogP contribution in [0.5, 0.6) is 11.5 Å². The lowest BCUT2D eigenvalue weighted by atomic mass is 9.76. The normalized spacial score (nSPS) is 13.2. The zero-order valence-corrected chi connectivity index (χ0v) is 38.6. The van der Waals surface area contributed by atoms with E-state index in [1.807, 2.05) is 53.7 Å². The fourth-order valence-electron chi connectivity index (χ4n) is 6.90. The Kier molecular flexibility index (Phi) is 18.7. The summed E-state index contributed by atoms with van der Waals surface area (Å²) in [6.07, 6.45) is 12.9. The molecule has 55 heavy (non-hydrogen) atoms. The molecule has 2 rings (SSSR count). The van der Waals surface area contributed by atoms with Crippen LogP contribution in [-0.2, 0) is 20.3 Å². The van der Waals surface area contributed by atoms with Crippen molar-refractivity contribution >= 4 is 24.1 Å². The minimum Gasteiger partial charge on any atom is -0.428 e. The lowest BCUT2D eigenvalue weighted by molar-refractivity contribution is 0.0189. The van der Waals surface area contributed by atoms with E-state index in [4.69, 9.17) is 18.9 Å². The summed E-state index contributed by atoms with van der Waals surface area (Å²) in [4.78, 5) is 25.8. The summed E-state index contributed by atoms with van der Waals surface area (Å²) in [7, 11) is 0. The van der Waals surface area contributed by atoms with Gasteiger partial charge in [0.25, 0.3) is 0 Å². The van der Waals surface area contributed by atoms with Gasteiger partial charge >= 0.3 is 12.3 Å². The Morgan fingerprint density at radius 1 is 0.582 bits per heavy atom. The molecule has 2 aromatic rings. The topological polar surface area (TPSA) is 71.1 Å². The van der Waals surface area contributed by atoms with Crippen LogP contribution in [0.25, 0.3) is 0 Å². The van der Waals surface area contributed by atoms with E-state index in [-0.39, 0.29) is 16.7 Å². The fraction of sp³-hybridized carbons (Fsp3) is 0.708. The van der Waals surface area contributed by atoms with Crippen LogP contribution in [0.4, 0.5) is 9.59 Å². The maximum absolute atomic E-state index is 12.9. The minimum absolute atomic E-state index is 0.0450. The number of thioether (sulfide) groups is 1. The molecule has 0 spiro atoms. The summed E-state index contributed by atoms with van der Waals surface area (Å²) in [6.45, 7) is 32.8. The van der Waals surface area contributed by atoms with Gasteiger partial charge in [-0.2, -0.15) is 11.8 Å². The van der Waals surface area contributed by atoms with E-state index in [0.717, 1.165) is 34.4 Å². The molecule has 0 heterocycles. The average Bonchev–Trinajstić information content (AvgIpc) is 3.00. The highest BCUT2D eigenvalue weighted by atomic mass is 32.2. The highest BCUT2D eigenvalue weighted by molar-refractivity contribution is 7.99. The smallest absolute Gasteiger partial charge is 0.428 e. The van der Waals surface area contributed by atoms with Gasteiger partial charge in [-0.3, -0.25) is 0 Å². The molecule has 0 bridgehead atoms. The van der Waals surface area contributed by atoms with E-state index in [1.54, 1.807) is 0 Å². The molecule has 0 aromatic heterocycles. The predicted octanol–water partition coefficient (Wildman–Crippen LogP) is 15.1. The van der Waals surface area contributed by atoms with Gasteiger partial charge in [0.15, 0.2) is 0 Å². The molecule has 0 amide bonds. The number of unbranched alkanes of at least 4 members (excludes halogenated alkanes) is 9. The van der Waals surface area contributed by atoms with Crippen molar-refractivity contribution in [1.82, 2.24) is 0 Å². The SMILES string of the molecule is CCCCCCCCCCCCSC(C)CC(c1cc(C(C)(C)C)c(OC(=O)OC(C)(C)C)cc1C)c1cc(C(C)(C)C)c(OC(=O)OC(C)(C)C)cc1C. The van der Waals surface area contributed by atoms with Crippen LogP contribution in [-0.4, -0.2) is 34.5 Å². The number of rotatable bonds is 18. The number of benzene rings is 2. The number of ether oxygens (including phenoxy) is 4. The summed E-state index contributed by atoms with van der Waals surface area (Å²) >= 11 is 2.06. The molecular formula is C48H78O6S. The molecule has 1 unspecified atom stereocenters. The number of carbonyl (C=O) groups is 2. The van der Waals surface area contributed by atoms with Gasteiger partial charge in [-0.15, -0.1) is 0 Å². The van der Waals surface area contributed by atoms with Gasteiger partial charge in [-0.25, -0.2) is 9.59 Å². The monoisotopic (exact) mass is 783 g/mol. The third-order valence-electron chi connectivity index (χ3n) is 9.74. The van der Waals surface area contributed by atoms with Crippen molar-refractivity contribution in [3.63, 3.8) is 0 Å². The molecular weight excluding hydrogens is 705 g/mol. The highest BCUT2D eigenvalue weighted by Crippen LogP contribution is 2.44. The largest absolute Gasteiger partial charge is 0.514 e. The van der Waals surface area contributed by atoms with Gasteiger partial charge in [-0.1, -0.05) is 125 Å². The molecule has 0 radical (unpaired) electrons. The summed E-state index contributed by atoms with van der Waals surface area (Å²) in [5, 5.41) is 0.397. The first-order valence-corrected chi connectivity index (χ1v) is 22.1. The molecule has 0 fully saturated rings. The van der Waals surface area contributed by atoms with Crippen molar-refractivity contribution in [3.8, 4) is 11.5 Å². The van der Waals surface area contributed by atoms with Crippen LogP contribution in [0.15, 0.2) is 24.3 Å². The molecule has 0 saturated heterocycles. The molecule has 0 N–H and O–H groups in total. The van der Waals surface area contributed by atoms with Gasteiger partial charge in [0.05, 0.1) is 0 Å². The number of hydrogen-bond acceptors (Lipinski definition) is 7. The van der Waals surface area contributed by atoms with E-state index < -0.39 is 23.5 Å². The molecule has 312 valence electrons. The Morgan fingerprint density at radius 3 is 1.29 bits per heavy atom. The van der Waals surface area contributed by atoms with Crippen LogP contribution in [0.2, 0.25) is 0 Å². The fourth-order valence-corrected chi connectivity index (χ4v) is 8.01. The lowest BCUT2D eigenvalue weighted by Crippen LogP contribution is -2.27. The summed E-state index contributed by atoms with van der Waals surface area (Å²) in [6, 6.07) is 8.52.